The first-order chi connectivity index (χ1) is 15.1. The Morgan fingerprint density at radius 2 is 1.65 bits per heavy atom. The monoisotopic (exact) mass is 438 g/mol. The van der Waals surface area contributed by atoms with Crippen LogP contribution >= 0.6 is 11.6 Å². The summed E-state index contributed by atoms with van der Waals surface area (Å²) in [6, 6.07) is 21.3. The minimum absolute atomic E-state index is 0.276. The zero-order chi connectivity index (χ0) is 22.1. The summed E-state index contributed by atoms with van der Waals surface area (Å²) in [5, 5.41) is 5.95. The van der Waals surface area contributed by atoms with Gasteiger partial charge in [0.05, 0.1) is 23.4 Å². The van der Waals surface area contributed by atoms with Gasteiger partial charge in [0.15, 0.2) is 0 Å². The molecule has 6 nitrogen and oxygen atoms in total. The summed E-state index contributed by atoms with van der Waals surface area (Å²) in [6.07, 6.45) is 0. The second kappa shape index (κ2) is 11.2. The molecule has 3 aromatic rings. The standard InChI is InChI=1S/C24H23ClN2O4/c1-30-14-13-26-23(28)19-9-5-6-10-21(19)27-24(29)20-15-18(25)11-12-22(20)31-16-17-7-3-2-4-8-17/h2-12,15H,13-14,16H2,1H3,(H,26,28)(H,27,29). The Bertz CT molecular complexity index is 1040. The molecular weight excluding hydrogens is 416 g/mol. The Kier molecular flexibility index (Phi) is 8.04. The van der Waals surface area contributed by atoms with Gasteiger partial charge in [0.2, 0.25) is 0 Å². The number of hydrogen-bond donors (Lipinski definition) is 2. The van der Waals surface area contributed by atoms with Gasteiger partial charge in [-0.3, -0.25) is 9.59 Å². The van der Waals surface area contributed by atoms with Crippen molar-refractivity contribution in [1.82, 2.24) is 5.32 Å². The van der Waals surface area contributed by atoms with Crippen LogP contribution in [0.3, 0.4) is 0 Å². The normalized spacial score (nSPS) is 10.4. The number of rotatable bonds is 9. The molecule has 0 spiro atoms. The summed E-state index contributed by atoms with van der Waals surface area (Å²) in [6.45, 7) is 1.06. The molecule has 3 rings (SSSR count). The van der Waals surface area contributed by atoms with Crippen molar-refractivity contribution in [2.24, 2.45) is 0 Å². The predicted molar refractivity (Wildman–Crippen MR) is 121 cm³/mol. The van der Waals surface area contributed by atoms with E-state index >= 15 is 0 Å². The molecule has 2 N–H and O–H groups in total. The number of hydrogen-bond acceptors (Lipinski definition) is 4. The summed E-state index contributed by atoms with van der Waals surface area (Å²) in [5.41, 5.74) is 1.98. The number of nitrogens with one attached hydrogen (secondary N) is 2. The fraction of sp³-hybridized carbons (Fsp3) is 0.167. The molecule has 0 heterocycles. The van der Waals surface area contributed by atoms with Crippen molar-refractivity contribution in [3.05, 3.63) is 94.5 Å². The van der Waals surface area contributed by atoms with Crippen LogP contribution in [0.2, 0.25) is 5.02 Å². The first-order valence-electron chi connectivity index (χ1n) is 9.72. The van der Waals surface area contributed by atoms with Crippen molar-refractivity contribution in [2.75, 3.05) is 25.6 Å². The van der Waals surface area contributed by atoms with E-state index in [0.717, 1.165) is 5.56 Å². The van der Waals surface area contributed by atoms with Gasteiger partial charge in [-0.25, -0.2) is 0 Å². The minimum Gasteiger partial charge on any atom is -0.488 e. The lowest BCUT2D eigenvalue weighted by atomic mass is 10.1. The third-order valence-electron chi connectivity index (χ3n) is 4.44. The lowest BCUT2D eigenvalue weighted by Gasteiger charge is -2.14. The predicted octanol–water partition coefficient (Wildman–Crippen LogP) is 4.55. The Morgan fingerprint density at radius 1 is 0.903 bits per heavy atom. The Morgan fingerprint density at radius 3 is 2.42 bits per heavy atom. The molecule has 31 heavy (non-hydrogen) atoms. The van der Waals surface area contributed by atoms with Gasteiger partial charge in [-0.2, -0.15) is 0 Å². The van der Waals surface area contributed by atoms with Crippen molar-refractivity contribution in [1.29, 1.82) is 0 Å². The van der Waals surface area contributed by atoms with Gasteiger partial charge in [0.25, 0.3) is 11.8 Å². The molecule has 160 valence electrons. The molecular formula is C24H23ClN2O4. The molecule has 0 aliphatic rings. The van der Waals surface area contributed by atoms with Crippen LogP contribution < -0.4 is 15.4 Å². The zero-order valence-corrected chi connectivity index (χ0v) is 17.8. The molecule has 0 fully saturated rings. The highest BCUT2D eigenvalue weighted by atomic mass is 35.5. The SMILES string of the molecule is COCCNC(=O)c1ccccc1NC(=O)c1cc(Cl)ccc1OCc1ccccc1. The van der Waals surface area contributed by atoms with E-state index in [2.05, 4.69) is 10.6 Å². The van der Waals surface area contributed by atoms with E-state index in [-0.39, 0.29) is 11.5 Å². The average Bonchev–Trinajstić information content (AvgIpc) is 2.79. The lowest BCUT2D eigenvalue weighted by molar-refractivity contribution is 0.0938. The quantitative estimate of drug-likeness (QED) is 0.480. The number of carbonyl (C=O) groups excluding carboxylic acids is 2. The molecule has 0 aliphatic heterocycles. The first-order valence-corrected chi connectivity index (χ1v) is 10.1. The molecule has 0 bridgehead atoms. The van der Waals surface area contributed by atoms with Crippen LogP contribution in [0.5, 0.6) is 5.75 Å². The molecule has 0 saturated heterocycles. The van der Waals surface area contributed by atoms with Crippen molar-refractivity contribution in [3.8, 4) is 5.75 Å². The molecule has 0 aliphatic carbocycles. The Hall–Kier alpha value is -3.35. The van der Waals surface area contributed by atoms with Gasteiger partial charge in [0.1, 0.15) is 12.4 Å². The number of para-hydroxylation sites is 1. The van der Waals surface area contributed by atoms with Crippen LogP contribution in [-0.4, -0.2) is 32.1 Å². The highest BCUT2D eigenvalue weighted by molar-refractivity contribution is 6.31. The van der Waals surface area contributed by atoms with Gasteiger partial charge in [-0.1, -0.05) is 54.1 Å². The van der Waals surface area contributed by atoms with Gasteiger partial charge in [-0.05, 0) is 35.9 Å². The fourth-order valence-electron chi connectivity index (χ4n) is 2.88. The Balaban J connectivity index is 1.78. The number of methoxy groups -OCH3 is 1. The average molecular weight is 439 g/mol. The van der Waals surface area contributed by atoms with E-state index in [9.17, 15) is 9.59 Å². The zero-order valence-electron chi connectivity index (χ0n) is 17.1. The van der Waals surface area contributed by atoms with Crippen molar-refractivity contribution >= 4 is 29.1 Å². The second-order valence-electron chi connectivity index (χ2n) is 6.66. The number of carbonyl (C=O) groups is 2. The summed E-state index contributed by atoms with van der Waals surface area (Å²) in [5.74, 6) is -0.338. The van der Waals surface area contributed by atoms with Gasteiger partial charge in [0, 0.05) is 18.7 Å². The maximum atomic E-state index is 13.0. The van der Waals surface area contributed by atoms with Crippen LogP contribution in [0.1, 0.15) is 26.3 Å². The molecule has 7 heteroatoms. The van der Waals surface area contributed by atoms with Gasteiger partial charge >= 0.3 is 0 Å². The number of anilines is 1. The summed E-state index contributed by atoms with van der Waals surface area (Å²) >= 11 is 6.12. The van der Waals surface area contributed by atoms with E-state index in [1.807, 2.05) is 30.3 Å². The molecule has 0 radical (unpaired) electrons. The van der Waals surface area contributed by atoms with Crippen LogP contribution in [-0.2, 0) is 11.3 Å². The maximum absolute atomic E-state index is 13.0. The topological polar surface area (TPSA) is 76.7 Å². The largest absolute Gasteiger partial charge is 0.488 e. The van der Waals surface area contributed by atoms with Crippen LogP contribution in [0.15, 0.2) is 72.8 Å². The van der Waals surface area contributed by atoms with E-state index < -0.39 is 5.91 Å². The summed E-state index contributed by atoms with van der Waals surface area (Å²) in [4.78, 5) is 25.5. The number of amides is 2. The lowest BCUT2D eigenvalue weighted by Crippen LogP contribution is -2.28. The third kappa shape index (κ3) is 6.31. The number of ether oxygens (including phenoxy) is 2. The molecule has 0 aromatic heterocycles. The van der Waals surface area contributed by atoms with Gasteiger partial charge < -0.3 is 20.1 Å². The van der Waals surface area contributed by atoms with E-state index in [1.54, 1.807) is 49.6 Å². The smallest absolute Gasteiger partial charge is 0.259 e. The molecule has 0 atom stereocenters. The van der Waals surface area contributed by atoms with E-state index in [0.29, 0.717) is 41.8 Å². The fourth-order valence-corrected chi connectivity index (χ4v) is 3.05. The number of halogens is 1. The third-order valence-corrected chi connectivity index (χ3v) is 4.67. The van der Waals surface area contributed by atoms with Crippen LogP contribution in [0.25, 0.3) is 0 Å². The molecule has 2 amide bonds. The molecule has 0 saturated carbocycles. The first kappa shape index (κ1) is 22.3. The van der Waals surface area contributed by atoms with E-state index in [1.165, 1.54) is 0 Å². The van der Waals surface area contributed by atoms with Crippen molar-refractivity contribution < 1.29 is 19.1 Å². The molecule has 3 aromatic carbocycles. The summed E-state index contributed by atoms with van der Waals surface area (Å²) in [7, 11) is 1.56. The highest BCUT2D eigenvalue weighted by Gasteiger charge is 2.17. The van der Waals surface area contributed by atoms with Gasteiger partial charge in [-0.15, -0.1) is 0 Å². The van der Waals surface area contributed by atoms with Crippen molar-refractivity contribution in [3.63, 3.8) is 0 Å². The maximum Gasteiger partial charge on any atom is 0.259 e. The van der Waals surface area contributed by atoms with Crippen molar-refractivity contribution in [2.45, 2.75) is 6.61 Å². The highest BCUT2D eigenvalue weighted by Crippen LogP contribution is 2.26. The minimum atomic E-state index is -0.428. The van der Waals surface area contributed by atoms with E-state index in [4.69, 9.17) is 21.1 Å². The van der Waals surface area contributed by atoms with Crippen LogP contribution in [0.4, 0.5) is 5.69 Å². The molecule has 0 unspecified atom stereocenters. The number of benzene rings is 3. The van der Waals surface area contributed by atoms with Crippen LogP contribution in [0, 0.1) is 0 Å². The summed E-state index contributed by atoms with van der Waals surface area (Å²) < 4.78 is 10.8. The second-order valence-corrected chi connectivity index (χ2v) is 7.10. The Labute approximate surface area is 186 Å².